The second-order valence-corrected chi connectivity index (χ2v) is 4.11. The van der Waals surface area contributed by atoms with E-state index in [0.29, 0.717) is 6.04 Å². The molecule has 0 bridgehead atoms. The highest BCUT2D eigenvalue weighted by atomic mass is 15.1. The van der Waals surface area contributed by atoms with E-state index >= 15 is 0 Å². The van der Waals surface area contributed by atoms with Gasteiger partial charge in [-0.15, -0.1) is 0 Å². The lowest BCUT2D eigenvalue weighted by atomic mass is 10.1. The number of pyridine rings is 1. The van der Waals surface area contributed by atoms with E-state index in [0.717, 1.165) is 12.5 Å². The van der Waals surface area contributed by atoms with E-state index in [1.54, 1.807) is 0 Å². The maximum absolute atomic E-state index is 4.47. The number of hydrogen-bond donors (Lipinski definition) is 0. The minimum atomic E-state index is 0.543. The van der Waals surface area contributed by atoms with E-state index < -0.39 is 0 Å². The third-order valence-corrected chi connectivity index (χ3v) is 3.03. The number of aromatic nitrogens is 1. The second-order valence-electron chi connectivity index (χ2n) is 4.11. The summed E-state index contributed by atoms with van der Waals surface area (Å²) in [4.78, 5) is 6.87. The standard InChI is InChI=1S/C12H18N2/c1-3-14(2)12(10-7-8-10)11-6-4-5-9-13-11/h4-6,9-10,12H,3,7-8H2,1-2H3. The Balaban J connectivity index is 2.18. The van der Waals surface area contributed by atoms with Crippen LogP contribution in [0.25, 0.3) is 0 Å². The first kappa shape index (κ1) is 9.66. The number of hydrogen-bond acceptors (Lipinski definition) is 2. The van der Waals surface area contributed by atoms with Gasteiger partial charge in [-0.1, -0.05) is 13.0 Å². The Bertz CT molecular complexity index is 280. The molecule has 0 spiro atoms. The molecule has 14 heavy (non-hydrogen) atoms. The molecule has 2 heteroatoms. The minimum absolute atomic E-state index is 0.543. The summed E-state index contributed by atoms with van der Waals surface area (Å²) in [6, 6.07) is 6.76. The zero-order valence-electron chi connectivity index (χ0n) is 8.98. The highest BCUT2D eigenvalue weighted by molar-refractivity contribution is 5.12. The lowest BCUT2D eigenvalue weighted by molar-refractivity contribution is 0.227. The van der Waals surface area contributed by atoms with Gasteiger partial charge in [-0.3, -0.25) is 9.88 Å². The quantitative estimate of drug-likeness (QED) is 0.725. The average molecular weight is 190 g/mol. The molecule has 0 radical (unpaired) electrons. The van der Waals surface area contributed by atoms with Gasteiger partial charge >= 0.3 is 0 Å². The summed E-state index contributed by atoms with van der Waals surface area (Å²) in [5.74, 6) is 0.842. The monoisotopic (exact) mass is 190 g/mol. The zero-order valence-corrected chi connectivity index (χ0v) is 8.98. The molecule has 2 nitrogen and oxygen atoms in total. The summed E-state index contributed by atoms with van der Waals surface area (Å²) in [7, 11) is 2.19. The van der Waals surface area contributed by atoms with Gasteiger partial charge in [-0.2, -0.15) is 0 Å². The van der Waals surface area contributed by atoms with Crippen molar-refractivity contribution in [3.05, 3.63) is 30.1 Å². The predicted octanol–water partition coefficient (Wildman–Crippen LogP) is 2.48. The van der Waals surface area contributed by atoms with E-state index in [1.807, 2.05) is 12.3 Å². The molecule has 1 saturated carbocycles. The van der Waals surface area contributed by atoms with Gasteiger partial charge in [0.25, 0.3) is 0 Å². The summed E-state index contributed by atoms with van der Waals surface area (Å²) in [6.45, 7) is 3.30. The molecule has 2 rings (SSSR count). The molecular weight excluding hydrogens is 172 g/mol. The second kappa shape index (κ2) is 4.09. The van der Waals surface area contributed by atoms with Crippen molar-refractivity contribution in [2.24, 2.45) is 5.92 Å². The van der Waals surface area contributed by atoms with Crippen LogP contribution in [0.15, 0.2) is 24.4 Å². The minimum Gasteiger partial charge on any atom is -0.298 e. The third-order valence-electron chi connectivity index (χ3n) is 3.03. The van der Waals surface area contributed by atoms with E-state index in [1.165, 1.54) is 18.5 Å². The van der Waals surface area contributed by atoms with Crippen molar-refractivity contribution >= 4 is 0 Å². The van der Waals surface area contributed by atoms with Gasteiger partial charge in [-0.25, -0.2) is 0 Å². The van der Waals surface area contributed by atoms with Crippen LogP contribution in [0.1, 0.15) is 31.5 Å². The van der Waals surface area contributed by atoms with Crippen molar-refractivity contribution in [2.45, 2.75) is 25.8 Å². The Labute approximate surface area is 86.0 Å². The molecule has 0 N–H and O–H groups in total. The highest BCUT2D eigenvalue weighted by Gasteiger charge is 2.35. The Hall–Kier alpha value is -0.890. The van der Waals surface area contributed by atoms with Crippen molar-refractivity contribution < 1.29 is 0 Å². The molecule has 1 atom stereocenters. The molecule has 1 unspecified atom stereocenters. The van der Waals surface area contributed by atoms with Crippen LogP contribution in [0.5, 0.6) is 0 Å². The van der Waals surface area contributed by atoms with Gasteiger partial charge in [0.15, 0.2) is 0 Å². The molecule has 0 aliphatic heterocycles. The average Bonchev–Trinajstić information content (AvgIpc) is 3.04. The largest absolute Gasteiger partial charge is 0.298 e. The molecule has 1 aromatic heterocycles. The first-order valence-electron chi connectivity index (χ1n) is 5.44. The van der Waals surface area contributed by atoms with Gasteiger partial charge in [0, 0.05) is 6.20 Å². The van der Waals surface area contributed by atoms with Gasteiger partial charge < -0.3 is 0 Å². The first-order valence-corrected chi connectivity index (χ1v) is 5.44. The molecule has 1 aliphatic carbocycles. The Morgan fingerprint density at radius 1 is 1.50 bits per heavy atom. The maximum Gasteiger partial charge on any atom is 0.0578 e. The summed E-state index contributed by atoms with van der Waals surface area (Å²) < 4.78 is 0. The maximum atomic E-state index is 4.47. The van der Waals surface area contributed by atoms with Crippen LogP contribution < -0.4 is 0 Å². The fourth-order valence-corrected chi connectivity index (χ4v) is 1.99. The van der Waals surface area contributed by atoms with Gasteiger partial charge in [0.2, 0.25) is 0 Å². The number of nitrogens with zero attached hydrogens (tertiary/aromatic N) is 2. The topological polar surface area (TPSA) is 16.1 Å². The van der Waals surface area contributed by atoms with Crippen molar-refractivity contribution in [3.8, 4) is 0 Å². The van der Waals surface area contributed by atoms with Gasteiger partial charge in [-0.05, 0) is 44.5 Å². The molecule has 0 amide bonds. The third kappa shape index (κ3) is 1.95. The molecule has 1 aliphatic rings. The SMILES string of the molecule is CCN(C)C(c1ccccn1)C1CC1. The van der Waals surface area contributed by atoms with Crippen LogP contribution in [-0.2, 0) is 0 Å². The van der Waals surface area contributed by atoms with Crippen molar-refractivity contribution in [1.82, 2.24) is 9.88 Å². The van der Waals surface area contributed by atoms with Crippen molar-refractivity contribution in [2.75, 3.05) is 13.6 Å². The molecule has 0 saturated heterocycles. The fraction of sp³-hybridized carbons (Fsp3) is 0.583. The molecule has 1 aromatic rings. The molecule has 76 valence electrons. The van der Waals surface area contributed by atoms with Crippen molar-refractivity contribution in [3.63, 3.8) is 0 Å². The van der Waals surface area contributed by atoms with Crippen LogP contribution in [0.4, 0.5) is 0 Å². The lowest BCUT2D eigenvalue weighted by Gasteiger charge is -2.26. The Morgan fingerprint density at radius 2 is 2.29 bits per heavy atom. The summed E-state index contributed by atoms with van der Waals surface area (Å²) in [5, 5.41) is 0. The van der Waals surface area contributed by atoms with Crippen LogP contribution in [0.2, 0.25) is 0 Å². The first-order chi connectivity index (χ1) is 6.83. The zero-order chi connectivity index (χ0) is 9.97. The predicted molar refractivity (Wildman–Crippen MR) is 58.0 cm³/mol. The van der Waals surface area contributed by atoms with E-state index in [4.69, 9.17) is 0 Å². The molecule has 0 aromatic carbocycles. The summed E-state index contributed by atoms with van der Waals surface area (Å²) in [6.07, 6.45) is 4.63. The lowest BCUT2D eigenvalue weighted by Crippen LogP contribution is -2.26. The van der Waals surface area contributed by atoms with E-state index in [9.17, 15) is 0 Å². The Kier molecular flexibility index (Phi) is 2.82. The molecular formula is C12H18N2. The van der Waals surface area contributed by atoms with E-state index in [2.05, 4.69) is 36.0 Å². The number of rotatable bonds is 4. The molecule has 1 heterocycles. The smallest absolute Gasteiger partial charge is 0.0578 e. The summed E-state index contributed by atoms with van der Waals surface area (Å²) >= 11 is 0. The van der Waals surface area contributed by atoms with E-state index in [-0.39, 0.29) is 0 Å². The summed E-state index contributed by atoms with van der Waals surface area (Å²) in [5.41, 5.74) is 1.24. The normalized spacial score (nSPS) is 18.5. The van der Waals surface area contributed by atoms with Gasteiger partial charge in [0.05, 0.1) is 11.7 Å². The van der Waals surface area contributed by atoms with Crippen molar-refractivity contribution in [1.29, 1.82) is 0 Å². The molecule has 1 fully saturated rings. The van der Waals surface area contributed by atoms with Gasteiger partial charge in [0.1, 0.15) is 0 Å². The highest BCUT2D eigenvalue weighted by Crippen LogP contribution is 2.43. The Morgan fingerprint density at radius 3 is 2.79 bits per heavy atom. The van der Waals surface area contributed by atoms with Crippen LogP contribution in [0, 0.1) is 5.92 Å². The fourth-order valence-electron chi connectivity index (χ4n) is 1.99. The van der Waals surface area contributed by atoms with Crippen LogP contribution in [-0.4, -0.2) is 23.5 Å². The van der Waals surface area contributed by atoms with Crippen LogP contribution >= 0.6 is 0 Å². The van der Waals surface area contributed by atoms with Crippen LogP contribution in [0.3, 0.4) is 0 Å².